The summed E-state index contributed by atoms with van der Waals surface area (Å²) in [6.07, 6.45) is 4.26. The number of rotatable bonds is 5. The number of nitrogens with zero attached hydrogens (tertiary/aromatic N) is 2. The van der Waals surface area contributed by atoms with Gasteiger partial charge in [0.1, 0.15) is 0 Å². The van der Waals surface area contributed by atoms with Crippen LogP contribution >= 0.6 is 0 Å². The summed E-state index contributed by atoms with van der Waals surface area (Å²) in [5.41, 5.74) is 2.44. The summed E-state index contributed by atoms with van der Waals surface area (Å²) in [5.74, 6) is 0.369. The number of carbonyl (C=O) groups is 2. The molecule has 3 rings (SSSR count). The number of ketones is 1. The lowest BCUT2D eigenvalue weighted by Gasteiger charge is -2.23. The van der Waals surface area contributed by atoms with Crippen LogP contribution in [0.5, 0.6) is 0 Å². The molecule has 1 aliphatic rings. The third-order valence-electron chi connectivity index (χ3n) is 4.90. The van der Waals surface area contributed by atoms with Crippen LogP contribution in [-0.4, -0.2) is 21.7 Å². The first-order chi connectivity index (χ1) is 12.1. The molecule has 2 aromatic rings. The first-order valence-electron chi connectivity index (χ1n) is 8.87. The number of hydrogen-bond acceptors (Lipinski definition) is 4. The smallest absolute Gasteiger partial charge is 0.229 e. The van der Waals surface area contributed by atoms with Crippen molar-refractivity contribution in [2.24, 2.45) is 5.92 Å². The van der Waals surface area contributed by atoms with Crippen molar-refractivity contribution in [2.45, 2.75) is 45.4 Å². The Morgan fingerprint density at radius 3 is 2.60 bits per heavy atom. The summed E-state index contributed by atoms with van der Waals surface area (Å²) in [7, 11) is 0. The lowest BCUT2D eigenvalue weighted by atomic mass is 9.82. The van der Waals surface area contributed by atoms with E-state index in [2.05, 4.69) is 15.3 Å². The summed E-state index contributed by atoms with van der Waals surface area (Å²) in [4.78, 5) is 33.3. The number of hydrogen-bond donors (Lipinski definition) is 1. The molecule has 0 saturated heterocycles. The van der Waals surface area contributed by atoms with Crippen LogP contribution in [0.2, 0.25) is 0 Å². The molecule has 0 fully saturated rings. The van der Waals surface area contributed by atoms with E-state index >= 15 is 0 Å². The SMILES string of the molecule is CCC(CC)C(=O)Nc1ncc2c(n1)CC(c1ccccc1)CC2=O. The standard InChI is InChI=1S/C20H23N3O2/c1-3-13(4-2)19(25)23-20-21-12-16-17(22-20)10-15(11-18(16)24)14-8-6-5-7-9-14/h5-9,12-13,15H,3-4,10-11H2,1-2H3,(H,21,22,23,25). The quantitative estimate of drug-likeness (QED) is 0.901. The molecular formula is C20H23N3O2. The highest BCUT2D eigenvalue weighted by Gasteiger charge is 2.28. The predicted molar refractivity (Wildman–Crippen MR) is 96.6 cm³/mol. The van der Waals surface area contributed by atoms with Gasteiger partial charge in [0.2, 0.25) is 11.9 Å². The maximum Gasteiger partial charge on any atom is 0.229 e. The van der Waals surface area contributed by atoms with Crippen molar-refractivity contribution in [2.75, 3.05) is 5.32 Å². The first-order valence-corrected chi connectivity index (χ1v) is 8.87. The molecule has 1 amide bonds. The zero-order valence-corrected chi connectivity index (χ0v) is 14.7. The van der Waals surface area contributed by atoms with Gasteiger partial charge >= 0.3 is 0 Å². The molecule has 1 aromatic heterocycles. The number of amides is 1. The highest BCUT2D eigenvalue weighted by Crippen LogP contribution is 2.31. The topological polar surface area (TPSA) is 72.0 Å². The Kier molecular flexibility index (Phi) is 5.22. The van der Waals surface area contributed by atoms with Gasteiger partial charge in [-0.25, -0.2) is 9.97 Å². The van der Waals surface area contributed by atoms with Crippen molar-refractivity contribution in [1.82, 2.24) is 9.97 Å². The van der Waals surface area contributed by atoms with Crippen LogP contribution in [0.15, 0.2) is 36.5 Å². The number of Topliss-reactive ketones (excluding diaryl/α,β-unsaturated/α-hetero) is 1. The van der Waals surface area contributed by atoms with Crippen molar-refractivity contribution >= 4 is 17.6 Å². The maximum atomic E-state index is 12.4. The molecule has 1 N–H and O–H groups in total. The van der Waals surface area contributed by atoms with Crippen LogP contribution in [0.3, 0.4) is 0 Å². The maximum absolute atomic E-state index is 12.4. The van der Waals surface area contributed by atoms with Gasteiger partial charge in [-0.05, 0) is 30.7 Å². The van der Waals surface area contributed by atoms with Crippen molar-refractivity contribution in [3.05, 3.63) is 53.3 Å². The second-order valence-corrected chi connectivity index (χ2v) is 6.50. The van der Waals surface area contributed by atoms with Gasteiger partial charge < -0.3 is 0 Å². The summed E-state index contributed by atoms with van der Waals surface area (Å²) in [6, 6.07) is 10.0. The highest BCUT2D eigenvalue weighted by molar-refractivity contribution is 5.99. The van der Waals surface area contributed by atoms with Crippen molar-refractivity contribution in [3.63, 3.8) is 0 Å². The lowest BCUT2D eigenvalue weighted by Crippen LogP contribution is -2.25. The molecule has 5 nitrogen and oxygen atoms in total. The minimum absolute atomic E-state index is 0.0432. The van der Waals surface area contributed by atoms with E-state index in [-0.39, 0.29) is 29.5 Å². The fraction of sp³-hybridized carbons (Fsp3) is 0.400. The van der Waals surface area contributed by atoms with Gasteiger partial charge in [-0.15, -0.1) is 0 Å². The molecular weight excluding hydrogens is 314 g/mol. The number of anilines is 1. The molecule has 1 aliphatic carbocycles. The summed E-state index contributed by atoms with van der Waals surface area (Å²) < 4.78 is 0. The molecule has 130 valence electrons. The van der Waals surface area contributed by atoms with Gasteiger partial charge in [0, 0.05) is 18.5 Å². The minimum atomic E-state index is -0.0632. The van der Waals surface area contributed by atoms with E-state index in [0.29, 0.717) is 18.4 Å². The Morgan fingerprint density at radius 2 is 1.92 bits per heavy atom. The Labute approximate surface area is 147 Å². The monoisotopic (exact) mass is 337 g/mol. The predicted octanol–water partition coefficient (Wildman–Crippen LogP) is 3.76. The zero-order valence-electron chi connectivity index (χ0n) is 14.7. The van der Waals surface area contributed by atoms with Gasteiger partial charge in [-0.1, -0.05) is 44.2 Å². The van der Waals surface area contributed by atoms with Gasteiger partial charge in [0.05, 0.1) is 11.3 Å². The van der Waals surface area contributed by atoms with Gasteiger partial charge in [-0.3, -0.25) is 14.9 Å². The fourth-order valence-corrected chi connectivity index (χ4v) is 3.34. The van der Waals surface area contributed by atoms with Crippen molar-refractivity contribution in [3.8, 4) is 0 Å². The number of fused-ring (bicyclic) bond motifs is 1. The molecule has 0 bridgehead atoms. The number of benzene rings is 1. The second-order valence-electron chi connectivity index (χ2n) is 6.50. The molecule has 25 heavy (non-hydrogen) atoms. The molecule has 0 radical (unpaired) electrons. The van der Waals surface area contributed by atoms with E-state index in [0.717, 1.165) is 24.1 Å². The van der Waals surface area contributed by atoms with E-state index in [9.17, 15) is 9.59 Å². The van der Waals surface area contributed by atoms with E-state index in [4.69, 9.17) is 0 Å². The van der Waals surface area contributed by atoms with Crippen LogP contribution in [0.25, 0.3) is 0 Å². The third kappa shape index (κ3) is 3.76. The average molecular weight is 337 g/mol. The van der Waals surface area contributed by atoms with Crippen LogP contribution in [0, 0.1) is 5.92 Å². The van der Waals surface area contributed by atoms with E-state index in [1.165, 1.54) is 0 Å². The molecule has 1 unspecified atom stereocenters. The summed E-state index contributed by atoms with van der Waals surface area (Å²) >= 11 is 0. The van der Waals surface area contributed by atoms with E-state index < -0.39 is 0 Å². The Bertz CT molecular complexity index is 770. The van der Waals surface area contributed by atoms with Crippen molar-refractivity contribution in [1.29, 1.82) is 0 Å². The molecule has 0 saturated carbocycles. The van der Waals surface area contributed by atoms with Gasteiger partial charge in [0.15, 0.2) is 5.78 Å². The minimum Gasteiger partial charge on any atom is -0.294 e. The van der Waals surface area contributed by atoms with Gasteiger partial charge in [-0.2, -0.15) is 0 Å². The Hall–Kier alpha value is -2.56. The summed E-state index contributed by atoms with van der Waals surface area (Å²) in [5, 5.41) is 2.79. The lowest BCUT2D eigenvalue weighted by molar-refractivity contribution is -0.120. The highest BCUT2D eigenvalue weighted by atomic mass is 16.2. The molecule has 0 aliphatic heterocycles. The second kappa shape index (κ2) is 7.55. The summed E-state index contributed by atoms with van der Waals surface area (Å²) in [6.45, 7) is 3.98. The number of carbonyl (C=O) groups excluding carboxylic acids is 2. The zero-order chi connectivity index (χ0) is 17.8. The first kappa shape index (κ1) is 17.3. The van der Waals surface area contributed by atoms with Crippen molar-refractivity contribution < 1.29 is 9.59 Å². The fourth-order valence-electron chi connectivity index (χ4n) is 3.34. The molecule has 5 heteroatoms. The van der Waals surface area contributed by atoms with Crippen LogP contribution in [-0.2, 0) is 11.2 Å². The van der Waals surface area contributed by atoms with Crippen LogP contribution in [0.1, 0.15) is 60.6 Å². The van der Waals surface area contributed by atoms with E-state index in [1.54, 1.807) is 6.20 Å². The van der Waals surface area contributed by atoms with Crippen LogP contribution < -0.4 is 5.32 Å². The Morgan fingerprint density at radius 1 is 1.20 bits per heavy atom. The van der Waals surface area contributed by atoms with Gasteiger partial charge in [0.25, 0.3) is 0 Å². The number of aromatic nitrogens is 2. The van der Waals surface area contributed by atoms with Crippen LogP contribution in [0.4, 0.5) is 5.95 Å². The normalized spacial score (nSPS) is 16.6. The molecule has 1 aromatic carbocycles. The average Bonchev–Trinajstić information content (AvgIpc) is 2.63. The molecule has 0 spiro atoms. The number of nitrogens with one attached hydrogen (secondary N) is 1. The molecule has 1 heterocycles. The largest absolute Gasteiger partial charge is 0.294 e. The molecule has 1 atom stereocenters. The third-order valence-corrected chi connectivity index (χ3v) is 4.90. The van der Waals surface area contributed by atoms with E-state index in [1.807, 2.05) is 44.2 Å². The Balaban J connectivity index is 1.82.